The number of aryl methyl sites for hydroxylation is 1. The average Bonchev–Trinajstić information content (AvgIpc) is 2.87. The molecule has 3 heteroatoms. The molecule has 1 saturated carbocycles. The summed E-state index contributed by atoms with van der Waals surface area (Å²) in [7, 11) is 0. The Balaban J connectivity index is 2.29. The normalized spacial score (nSPS) is 16.7. The van der Waals surface area contributed by atoms with Gasteiger partial charge in [-0.3, -0.25) is 4.98 Å². The molecular formula is C10H11N3. The number of rotatable bonds is 1. The third kappa shape index (κ3) is 1.03. The number of pyridine rings is 1. The Hall–Kier alpha value is -1.38. The van der Waals surface area contributed by atoms with Gasteiger partial charge in [0.15, 0.2) is 0 Å². The molecule has 0 aliphatic heterocycles. The highest BCUT2D eigenvalue weighted by Gasteiger charge is 2.24. The Morgan fingerprint density at radius 1 is 1.38 bits per heavy atom. The number of aromatic nitrogens is 3. The van der Waals surface area contributed by atoms with E-state index in [0.717, 1.165) is 11.2 Å². The van der Waals surface area contributed by atoms with Crippen molar-refractivity contribution in [2.45, 2.75) is 25.8 Å². The van der Waals surface area contributed by atoms with Crippen molar-refractivity contribution in [3.63, 3.8) is 0 Å². The third-order valence-corrected chi connectivity index (χ3v) is 2.54. The Kier molecular flexibility index (Phi) is 1.26. The largest absolute Gasteiger partial charge is 0.327 e. The molecule has 0 N–H and O–H groups in total. The van der Waals surface area contributed by atoms with Crippen LogP contribution in [0.3, 0.4) is 0 Å². The number of hydrogen-bond donors (Lipinski definition) is 0. The van der Waals surface area contributed by atoms with Crippen molar-refractivity contribution in [2.24, 2.45) is 0 Å². The van der Waals surface area contributed by atoms with Crippen molar-refractivity contribution in [3.05, 3.63) is 24.3 Å². The summed E-state index contributed by atoms with van der Waals surface area (Å²) in [6.07, 6.45) is 6.38. The van der Waals surface area contributed by atoms with Crippen LogP contribution in [-0.4, -0.2) is 14.5 Å². The molecule has 2 heterocycles. The lowest BCUT2D eigenvalue weighted by Crippen LogP contribution is -1.91. The molecule has 1 aliphatic rings. The highest BCUT2D eigenvalue weighted by Crippen LogP contribution is 2.36. The summed E-state index contributed by atoms with van der Waals surface area (Å²) in [5.74, 6) is 0. The van der Waals surface area contributed by atoms with Gasteiger partial charge in [0.05, 0.1) is 18.0 Å². The molecule has 0 saturated heterocycles. The molecule has 66 valence electrons. The zero-order chi connectivity index (χ0) is 8.84. The molecule has 0 atom stereocenters. The lowest BCUT2D eigenvalue weighted by atomic mass is 10.3. The topological polar surface area (TPSA) is 30.7 Å². The van der Waals surface area contributed by atoms with Crippen LogP contribution in [0.1, 0.15) is 24.6 Å². The van der Waals surface area contributed by atoms with E-state index in [1.807, 2.05) is 19.4 Å². The van der Waals surface area contributed by atoms with Gasteiger partial charge in [-0.1, -0.05) is 0 Å². The Morgan fingerprint density at radius 3 is 3.00 bits per heavy atom. The van der Waals surface area contributed by atoms with Crippen LogP contribution in [0.2, 0.25) is 0 Å². The highest BCUT2D eigenvalue weighted by atomic mass is 15.1. The number of fused-ring (bicyclic) bond motifs is 1. The molecule has 0 spiro atoms. The number of nitrogens with zero attached hydrogens (tertiary/aromatic N) is 3. The second kappa shape index (κ2) is 2.31. The molecule has 0 radical (unpaired) electrons. The molecule has 1 aliphatic carbocycles. The number of hydrogen-bond acceptors (Lipinski definition) is 2. The van der Waals surface area contributed by atoms with Crippen LogP contribution in [0.5, 0.6) is 0 Å². The second-order valence-electron chi connectivity index (χ2n) is 3.70. The van der Waals surface area contributed by atoms with Gasteiger partial charge in [-0.15, -0.1) is 0 Å². The van der Waals surface area contributed by atoms with Gasteiger partial charge in [-0.05, 0) is 25.8 Å². The molecule has 13 heavy (non-hydrogen) atoms. The first-order valence-electron chi connectivity index (χ1n) is 4.64. The van der Waals surface area contributed by atoms with E-state index in [1.54, 1.807) is 0 Å². The minimum Gasteiger partial charge on any atom is -0.327 e. The van der Waals surface area contributed by atoms with E-state index < -0.39 is 0 Å². The van der Waals surface area contributed by atoms with Gasteiger partial charge in [0.25, 0.3) is 0 Å². The summed E-state index contributed by atoms with van der Waals surface area (Å²) in [4.78, 5) is 8.55. The lowest BCUT2D eigenvalue weighted by Gasteiger charge is -2.00. The van der Waals surface area contributed by atoms with Crippen molar-refractivity contribution in [1.82, 2.24) is 14.5 Å². The fourth-order valence-corrected chi connectivity index (χ4v) is 1.67. The first-order valence-corrected chi connectivity index (χ1v) is 4.64. The van der Waals surface area contributed by atoms with Crippen LogP contribution < -0.4 is 0 Å². The summed E-state index contributed by atoms with van der Waals surface area (Å²) in [6.45, 7) is 2.02. The van der Waals surface area contributed by atoms with Gasteiger partial charge in [-0.25, -0.2) is 4.98 Å². The fourth-order valence-electron chi connectivity index (χ4n) is 1.67. The van der Waals surface area contributed by atoms with Gasteiger partial charge < -0.3 is 4.57 Å². The zero-order valence-corrected chi connectivity index (χ0v) is 7.57. The van der Waals surface area contributed by atoms with Crippen molar-refractivity contribution in [3.8, 4) is 0 Å². The van der Waals surface area contributed by atoms with Gasteiger partial charge in [0.2, 0.25) is 0 Å². The van der Waals surface area contributed by atoms with E-state index in [0.29, 0.717) is 6.04 Å². The van der Waals surface area contributed by atoms with E-state index in [1.165, 1.54) is 18.4 Å². The maximum atomic E-state index is 4.32. The summed E-state index contributed by atoms with van der Waals surface area (Å²) >= 11 is 0. The molecular weight excluding hydrogens is 162 g/mol. The first-order chi connectivity index (χ1) is 6.34. The van der Waals surface area contributed by atoms with Crippen LogP contribution in [-0.2, 0) is 0 Å². The maximum Gasteiger partial charge on any atom is 0.107 e. The zero-order valence-electron chi connectivity index (χ0n) is 7.57. The molecule has 3 rings (SSSR count). The Bertz CT molecular complexity index is 454. The van der Waals surface area contributed by atoms with E-state index >= 15 is 0 Å². The van der Waals surface area contributed by atoms with Crippen LogP contribution in [0.25, 0.3) is 11.0 Å². The van der Waals surface area contributed by atoms with Crippen molar-refractivity contribution >= 4 is 11.0 Å². The van der Waals surface area contributed by atoms with E-state index in [-0.39, 0.29) is 0 Å². The quantitative estimate of drug-likeness (QED) is 0.661. The van der Waals surface area contributed by atoms with Gasteiger partial charge in [0, 0.05) is 11.7 Å². The van der Waals surface area contributed by atoms with Crippen LogP contribution >= 0.6 is 0 Å². The molecule has 0 amide bonds. The SMILES string of the molecule is Cc1cc2c(cn1)ncn2C1CC1. The Labute approximate surface area is 76.4 Å². The fraction of sp³-hybridized carbons (Fsp3) is 0.400. The predicted molar refractivity (Wildman–Crippen MR) is 50.5 cm³/mol. The van der Waals surface area contributed by atoms with Crippen molar-refractivity contribution < 1.29 is 0 Å². The molecule has 0 bridgehead atoms. The van der Waals surface area contributed by atoms with E-state index in [4.69, 9.17) is 0 Å². The molecule has 2 aromatic rings. The predicted octanol–water partition coefficient (Wildman–Crippen LogP) is 2.07. The van der Waals surface area contributed by atoms with E-state index in [2.05, 4.69) is 20.6 Å². The van der Waals surface area contributed by atoms with Gasteiger partial charge >= 0.3 is 0 Å². The standard InChI is InChI=1S/C10H11N3/c1-7-4-10-9(5-11-7)12-6-13(10)8-2-3-8/h4-6,8H,2-3H2,1H3. The van der Waals surface area contributed by atoms with E-state index in [9.17, 15) is 0 Å². The molecule has 1 fully saturated rings. The molecule has 0 unspecified atom stereocenters. The van der Waals surface area contributed by atoms with Gasteiger partial charge in [0.1, 0.15) is 5.52 Å². The lowest BCUT2D eigenvalue weighted by molar-refractivity contribution is 0.765. The van der Waals surface area contributed by atoms with Gasteiger partial charge in [-0.2, -0.15) is 0 Å². The number of imidazole rings is 1. The monoisotopic (exact) mass is 173 g/mol. The summed E-state index contributed by atoms with van der Waals surface area (Å²) < 4.78 is 2.27. The first kappa shape index (κ1) is 7.06. The van der Waals surface area contributed by atoms with Crippen LogP contribution in [0.4, 0.5) is 0 Å². The smallest absolute Gasteiger partial charge is 0.107 e. The summed E-state index contributed by atoms with van der Waals surface area (Å²) in [6, 6.07) is 2.81. The van der Waals surface area contributed by atoms with Crippen molar-refractivity contribution in [2.75, 3.05) is 0 Å². The molecule has 2 aromatic heterocycles. The average molecular weight is 173 g/mol. The highest BCUT2D eigenvalue weighted by molar-refractivity contribution is 5.74. The summed E-state index contributed by atoms with van der Waals surface area (Å²) in [5, 5.41) is 0. The minimum atomic E-state index is 0.701. The maximum absolute atomic E-state index is 4.32. The second-order valence-corrected chi connectivity index (χ2v) is 3.70. The molecule has 0 aromatic carbocycles. The third-order valence-electron chi connectivity index (χ3n) is 2.54. The summed E-state index contributed by atoms with van der Waals surface area (Å²) in [5.41, 5.74) is 3.31. The van der Waals surface area contributed by atoms with Crippen molar-refractivity contribution in [1.29, 1.82) is 0 Å². The van der Waals surface area contributed by atoms with Crippen LogP contribution in [0.15, 0.2) is 18.6 Å². The minimum absolute atomic E-state index is 0.701. The Morgan fingerprint density at radius 2 is 2.23 bits per heavy atom. The van der Waals surface area contributed by atoms with Crippen LogP contribution in [0, 0.1) is 6.92 Å². The molecule has 3 nitrogen and oxygen atoms in total.